The topological polar surface area (TPSA) is 48.5 Å². The highest BCUT2D eigenvalue weighted by molar-refractivity contribution is 6.19. The molecule has 0 radical (unpaired) electrons. The lowest BCUT2D eigenvalue weighted by molar-refractivity contribution is 1.07. The molecule has 51 heavy (non-hydrogen) atoms. The highest BCUT2D eigenvalue weighted by Gasteiger charge is 2.19. The molecule has 3 heterocycles. The van der Waals surface area contributed by atoms with Crippen LogP contribution in [0.4, 0.5) is 0 Å². The van der Waals surface area contributed by atoms with Crippen LogP contribution in [0.5, 0.6) is 0 Å². The first kappa shape index (κ1) is 29.1. The summed E-state index contributed by atoms with van der Waals surface area (Å²) in [6, 6.07) is 59.8. The normalized spacial score (nSPS) is 11.6. The summed E-state index contributed by atoms with van der Waals surface area (Å²) in [7, 11) is 0. The number of para-hydroxylation sites is 3. The van der Waals surface area contributed by atoms with Crippen LogP contribution in [0.1, 0.15) is 5.56 Å². The Hall–Kier alpha value is -6.85. The number of benzene rings is 7. The second-order valence-electron chi connectivity index (χ2n) is 13.0. The molecule has 7 aromatic carbocycles. The van der Waals surface area contributed by atoms with Gasteiger partial charge in [0.15, 0.2) is 17.5 Å². The van der Waals surface area contributed by atoms with Gasteiger partial charge in [0.1, 0.15) is 0 Å². The van der Waals surface area contributed by atoms with Crippen LogP contribution < -0.4 is 0 Å². The van der Waals surface area contributed by atoms with E-state index in [9.17, 15) is 0 Å². The summed E-state index contributed by atoms with van der Waals surface area (Å²) in [6.45, 7) is 2.09. The van der Waals surface area contributed by atoms with Crippen molar-refractivity contribution in [2.45, 2.75) is 6.92 Å². The number of nitrogens with zero attached hydrogens (tertiary/aromatic N) is 5. The second kappa shape index (κ2) is 11.6. The maximum absolute atomic E-state index is 4.99. The van der Waals surface area contributed by atoms with Gasteiger partial charge in [0.25, 0.3) is 0 Å². The zero-order valence-corrected chi connectivity index (χ0v) is 27.9. The molecule has 0 aliphatic heterocycles. The molecular weight excluding hydrogens is 623 g/mol. The van der Waals surface area contributed by atoms with Gasteiger partial charge in [-0.15, -0.1) is 0 Å². The zero-order valence-electron chi connectivity index (χ0n) is 27.9. The van der Waals surface area contributed by atoms with E-state index in [0.29, 0.717) is 17.5 Å². The molecule has 0 unspecified atom stereocenters. The third-order valence-corrected chi connectivity index (χ3v) is 9.81. The molecule has 10 rings (SSSR count). The van der Waals surface area contributed by atoms with Gasteiger partial charge in [0, 0.05) is 49.6 Å². The standard InChI is InChI=1S/C46H31N5/c1-30-13-12-16-33(27-30)46-48-44(31-14-4-2-5-15-31)47-45(49-46)32-23-25-35(26-24-32)51-41-22-11-9-20-37(41)39-28-38-36-19-8-10-21-40(36)50(42(38)29-43(39)51)34-17-6-3-7-18-34/h2-29H,1H3. The molecule has 0 N–H and O–H groups in total. The average molecular weight is 654 g/mol. The van der Waals surface area contributed by atoms with Gasteiger partial charge in [0.2, 0.25) is 0 Å². The molecule has 0 saturated carbocycles. The molecule has 0 saturated heterocycles. The van der Waals surface area contributed by atoms with Crippen molar-refractivity contribution in [1.29, 1.82) is 0 Å². The molecule has 0 fully saturated rings. The lowest BCUT2D eigenvalue weighted by atomic mass is 10.1. The van der Waals surface area contributed by atoms with Crippen molar-refractivity contribution in [2.75, 3.05) is 0 Å². The number of fused-ring (bicyclic) bond motifs is 6. The average Bonchev–Trinajstić information content (AvgIpc) is 3.69. The van der Waals surface area contributed by atoms with Gasteiger partial charge in [-0.2, -0.15) is 0 Å². The Bertz CT molecular complexity index is 2900. The van der Waals surface area contributed by atoms with E-state index in [4.69, 9.17) is 15.0 Å². The van der Waals surface area contributed by atoms with Crippen molar-refractivity contribution in [3.05, 3.63) is 175 Å². The SMILES string of the molecule is Cc1cccc(-c2nc(-c3ccccc3)nc(-c3ccc(-n4c5ccccc5c5cc6c7ccccc7n(-c7ccccc7)c6cc54)cc3)n2)c1. The molecule has 3 aromatic heterocycles. The van der Waals surface area contributed by atoms with Gasteiger partial charge in [-0.05, 0) is 73.7 Å². The summed E-state index contributed by atoms with van der Waals surface area (Å²) in [6.07, 6.45) is 0. The van der Waals surface area contributed by atoms with Crippen LogP contribution in [0.3, 0.4) is 0 Å². The lowest BCUT2D eigenvalue weighted by Crippen LogP contribution is -2.00. The third-order valence-electron chi connectivity index (χ3n) is 9.81. The molecule has 0 aliphatic rings. The summed E-state index contributed by atoms with van der Waals surface area (Å²) in [5, 5.41) is 4.94. The van der Waals surface area contributed by atoms with Crippen molar-refractivity contribution in [1.82, 2.24) is 24.1 Å². The Morgan fingerprint density at radius 1 is 0.333 bits per heavy atom. The summed E-state index contributed by atoms with van der Waals surface area (Å²) >= 11 is 0. The van der Waals surface area contributed by atoms with Gasteiger partial charge < -0.3 is 9.13 Å². The molecule has 0 amide bonds. The van der Waals surface area contributed by atoms with Gasteiger partial charge >= 0.3 is 0 Å². The maximum Gasteiger partial charge on any atom is 0.164 e. The van der Waals surface area contributed by atoms with Gasteiger partial charge in [-0.25, -0.2) is 15.0 Å². The predicted molar refractivity (Wildman–Crippen MR) is 210 cm³/mol. The molecule has 5 heteroatoms. The van der Waals surface area contributed by atoms with Gasteiger partial charge in [-0.3, -0.25) is 0 Å². The van der Waals surface area contributed by atoms with Gasteiger partial charge in [0.05, 0.1) is 22.1 Å². The van der Waals surface area contributed by atoms with Crippen LogP contribution in [0.25, 0.3) is 89.2 Å². The molecule has 5 nitrogen and oxygen atoms in total. The van der Waals surface area contributed by atoms with Crippen LogP contribution in [0.2, 0.25) is 0 Å². The number of aromatic nitrogens is 5. The molecule has 0 spiro atoms. The van der Waals surface area contributed by atoms with Crippen LogP contribution in [0.15, 0.2) is 170 Å². The van der Waals surface area contributed by atoms with E-state index < -0.39 is 0 Å². The van der Waals surface area contributed by atoms with E-state index in [1.807, 2.05) is 36.4 Å². The van der Waals surface area contributed by atoms with E-state index in [-0.39, 0.29) is 0 Å². The zero-order chi connectivity index (χ0) is 33.9. The minimum atomic E-state index is 0.642. The smallest absolute Gasteiger partial charge is 0.164 e. The molecular formula is C46H31N5. The van der Waals surface area contributed by atoms with Crippen LogP contribution in [-0.4, -0.2) is 24.1 Å². The largest absolute Gasteiger partial charge is 0.309 e. The molecule has 240 valence electrons. The minimum absolute atomic E-state index is 0.642. The summed E-state index contributed by atoms with van der Waals surface area (Å²) in [4.78, 5) is 14.9. The number of hydrogen-bond donors (Lipinski definition) is 0. The Kier molecular flexibility index (Phi) is 6.64. The highest BCUT2D eigenvalue weighted by Crippen LogP contribution is 2.39. The van der Waals surface area contributed by atoms with Crippen molar-refractivity contribution in [2.24, 2.45) is 0 Å². The van der Waals surface area contributed by atoms with Crippen molar-refractivity contribution in [3.8, 4) is 45.5 Å². The Labute approximate surface area is 294 Å². The fraction of sp³-hybridized carbons (Fsp3) is 0.0217. The number of aryl methyl sites for hydroxylation is 1. The van der Waals surface area contributed by atoms with E-state index >= 15 is 0 Å². The first-order valence-electron chi connectivity index (χ1n) is 17.2. The van der Waals surface area contributed by atoms with Crippen LogP contribution >= 0.6 is 0 Å². The van der Waals surface area contributed by atoms with Crippen molar-refractivity contribution in [3.63, 3.8) is 0 Å². The number of rotatable bonds is 5. The van der Waals surface area contributed by atoms with E-state index in [1.54, 1.807) is 0 Å². The fourth-order valence-corrected chi connectivity index (χ4v) is 7.46. The van der Waals surface area contributed by atoms with E-state index in [1.165, 1.54) is 32.6 Å². The van der Waals surface area contributed by atoms with E-state index in [0.717, 1.165) is 44.7 Å². The monoisotopic (exact) mass is 653 g/mol. The Morgan fingerprint density at radius 2 is 0.804 bits per heavy atom. The summed E-state index contributed by atoms with van der Waals surface area (Å²) in [5.41, 5.74) is 10.9. The molecule has 0 aliphatic carbocycles. The quantitative estimate of drug-likeness (QED) is 0.186. The van der Waals surface area contributed by atoms with E-state index in [2.05, 4.69) is 150 Å². The number of hydrogen-bond acceptors (Lipinski definition) is 3. The first-order valence-corrected chi connectivity index (χ1v) is 17.2. The first-order chi connectivity index (χ1) is 25.2. The predicted octanol–water partition coefficient (Wildman–Crippen LogP) is 11.4. The highest BCUT2D eigenvalue weighted by atomic mass is 15.0. The summed E-state index contributed by atoms with van der Waals surface area (Å²) in [5.74, 6) is 1.96. The van der Waals surface area contributed by atoms with Gasteiger partial charge in [-0.1, -0.05) is 109 Å². The lowest BCUT2D eigenvalue weighted by Gasteiger charge is -2.11. The Morgan fingerprint density at radius 3 is 1.39 bits per heavy atom. The summed E-state index contributed by atoms with van der Waals surface area (Å²) < 4.78 is 4.76. The van der Waals surface area contributed by atoms with Crippen molar-refractivity contribution >= 4 is 43.6 Å². The van der Waals surface area contributed by atoms with Crippen LogP contribution in [0, 0.1) is 6.92 Å². The maximum atomic E-state index is 4.99. The molecule has 10 aromatic rings. The molecule has 0 atom stereocenters. The Balaban J connectivity index is 1.16. The third kappa shape index (κ3) is 4.82. The molecule has 0 bridgehead atoms. The van der Waals surface area contributed by atoms with Crippen LogP contribution in [-0.2, 0) is 0 Å². The minimum Gasteiger partial charge on any atom is -0.309 e. The fourth-order valence-electron chi connectivity index (χ4n) is 7.46. The second-order valence-corrected chi connectivity index (χ2v) is 13.0. The van der Waals surface area contributed by atoms with Crippen molar-refractivity contribution < 1.29 is 0 Å².